The molecule has 0 amide bonds. The number of aryl methyl sites for hydroxylation is 1. The molecule has 2 fully saturated rings. The standard InChI is InChI=1S/C18H26O2/c1-3-14-12-15(16-7-5-4-6-13(16)2)8-9-17(14)18-19-10-11-20-18/h8-9,12-13,16,18H,3-7,10-11H2,1-2H3. The molecule has 2 aliphatic rings. The highest BCUT2D eigenvalue weighted by Gasteiger charge is 2.25. The van der Waals surface area contributed by atoms with Crippen LogP contribution >= 0.6 is 0 Å². The molecule has 20 heavy (non-hydrogen) atoms. The topological polar surface area (TPSA) is 18.5 Å². The summed E-state index contributed by atoms with van der Waals surface area (Å²) < 4.78 is 11.3. The predicted molar refractivity (Wildman–Crippen MR) is 80.8 cm³/mol. The van der Waals surface area contributed by atoms with Crippen molar-refractivity contribution in [3.8, 4) is 0 Å². The Morgan fingerprint density at radius 2 is 1.85 bits per heavy atom. The summed E-state index contributed by atoms with van der Waals surface area (Å²) in [5.74, 6) is 1.56. The van der Waals surface area contributed by atoms with Crippen LogP contribution in [0.15, 0.2) is 18.2 Å². The summed E-state index contributed by atoms with van der Waals surface area (Å²) >= 11 is 0. The lowest BCUT2D eigenvalue weighted by Gasteiger charge is -2.30. The third-order valence-electron chi connectivity index (χ3n) is 4.96. The van der Waals surface area contributed by atoms with Gasteiger partial charge in [-0.05, 0) is 35.8 Å². The Bertz CT molecular complexity index is 449. The smallest absolute Gasteiger partial charge is 0.184 e. The SMILES string of the molecule is CCc1cc(C2CCCCC2C)ccc1C1OCCO1. The summed E-state index contributed by atoms with van der Waals surface area (Å²) in [6.07, 6.45) is 6.42. The third kappa shape index (κ3) is 2.77. The Kier molecular flexibility index (Phi) is 4.42. The molecule has 0 bridgehead atoms. The number of hydrogen-bond acceptors (Lipinski definition) is 2. The van der Waals surface area contributed by atoms with E-state index >= 15 is 0 Å². The number of ether oxygens (including phenoxy) is 2. The fourth-order valence-electron chi connectivity index (χ4n) is 3.74. The molecule has 1 aromatic rings. The molecular formula is C18H26O2. The van der Waals surface area contributed by atoms with Gasteiger partial charge in [-0.3, -0.25) is 0 Å². The Labute approximate surface area is 122 Å². The molecule has 2 nitrogen and oxygen atoms in total. The van der Waals surface area contributed by atoms with Crippen molar-refractivity contribution in [3.05, 3.63) is 34.9 Å². The van der Waals surface area contributed by atoms with E-state index in [-0.39, 0.29) is 6.29 Å². The van der Waals surface area contributed by atoms with E-state index in [9.17, 15) is 0 Å². The van der Waals surface area contributed by atoms with Crippen LogP contribution in [-0.4, -0.2) is 13.2 Å². The average molecular weight is 274 g/mol. The normalized spacial score (nSPS) is 27.9. The van der Waals surface area contributed by atoms with Gasteiger partial charge in [0.2, 0.25) is 0 Å². The van der Waals surface area contributed by atoms with Gasteiger partial charge >= 0.3 is 0 Å². The summed E-state index contributed by atoms with van der Waals surface area (Å²) in [6, 6.07) is 6.96. The van der Waals surface area contributed by atoms with Crippen LogP contribution in [0.25, 0.3) is 0 Å². The lowest BCUT2D eigenvalue weighted by atomic mass is 9.76. The monoisotopic (exact) mass is 274 g/mol. The minimum atomic E-state index is -0.136. The second kappa shape index (κ2) is 6.28. The van der Waals surface area contributed by atoms with Gasteiger partial charge in [0, 0.05) is 5.56 Å². The number of rotatable bonds is 3. The zero-order valence-corrected chi connectivity index (χ0v) is 12.7. The van der Waals surface area contributed by atoms with Gasteiger partial charge in [-0.15, -0.1) is 0 Å². The highest BCUT2D eigenvalue weighted by molar-refractivity contribution is 5.35. The molecule has 0 N–H and O–H groups in total. The van der Waals surface area contributed by atoms with Crippen LogP contribution in [0.2, 0.25) is 0 Å². The highest BCUT2D eigenvalue weighted by Crippen LogP contribution is 2.39. The van der Waals surface area contributed by atoms with Crippen LogP contribution in [0.3, 0.4) is 0 Å². The van der Waals surface area contributed by atoms with Crippen molar-refractivity contribution in [3.63, 3.8) is 0 Å². The molecule has 0 aromatic heterocycles. The summed E-state index contributed by atoms with van der Waals surface area (Å²) in [5, 5.41) is 0. The highest BCUT2D eigenvalue weighted by atomic mass is 16.7. The first kappa shape index (κ1) is 14.1. The average Bonchev–Trinajstić information content (AvgIpc) is 3.01. The van der Waals surface area contributed by atoms with Crippen molar-refractivity contribution < 1.29 is 9.47 Å². The molecule has 1 aliphatic heterocycles. The molecule has 1 saturated carbocycles. The van der Waals surface area contributed by atoms with Gasteiger partial charge < -0.3 is 9.47 Å². The van der Waals surface area contributed by atoms with Crippen molar-refractivity contribution in [1.29, 1.82) is 0 Å². The lowest BCUT2D eigenvalue weighted by Crippen LogP contribution is -2.15. The first-order valence-electron chi connectivity index (χ1n) is 8.15. The summed E-state index contributed by atoms with van der Waals surface area (Å²) in [7, 11) is 0. The van der Waals surface area contributed by atoms with Crippen molar-refractivity contribution >= 4 is 0 Å². The van der Waals surface area contributed by atoms with Crippen molar-refractivity contribution in [2.75, 3.05) is 13.2 Å². The molecule has 1 heterocycles. The molecule has 0 radical (unpaired) electrons. The fraction of sp³-hybridized carbons (Fsp3) is 0.667. The molecule has 1 aromatic carbocycles. The zero-order chi connectivity index (χ0) is 13.9. The second-order valence-electron chi connectivity index (χ2n) is 6.25. The molecule has 2 heteroatoms. The van der Waals surface area contributed by atoms with Gasteiger partial charge in [0.15, 0.2) is 6.29 Å². The maximum Gasteiger partial charge on any atom is 0.184 e. The molecule has 2 unspecified atom stereocenters. The summed E-state index contributed by atoms with van der Waals surface area (Å²) in [6.45, 7) is 6.07. The largest absolute Gasteiger partial charge is 0.346 e. The molecule has 0 spiro atoms. The Hall–Kier alpha value is -0.860. The first-order chi connectivity index (χ1) is 9.79. The van der Waals surface area contributed by atoms with E-state index in [0.29, 0.717) is 0 Å². The molecule has 1 aliphatic carbocycles. The van der Waals surface area contributed by atoms with Gasteiger partial charge in [-0.25, -0.2) is 0 Å². The lowest BCUT2D eigenvalue weighted by molar-refractivity contribution is -0.0447. The fourth-order valence-corrected chi connectivity index (χ4v) is 3.74. The second-order valence-corrected chi connectivity index (χ2v) is 6.25. The van der Waals surface area contributed by atoms with Gasteiger partial charge in [-0.2, -0.15) is 0 Å². The van der Waals surface area contributed by atoms with Gasteiger partial charge in [0.1, 0.15) is 0 Å². The Morgan fingerprint density at radius 1 is 1.10 bits per heavy atom. The zero-order valence-electron chi connectivity index (χ0n) is 12.7. The molecule has 1 saturated heterocycles. The van der Waals surface area contributed by atoms with Crippen LogP contribution < -0.4 is 0 Å². The van der Waals surface area contributed by atoms with E-state index in [2.05, 4.69) is 32.0 Å². The summed E-state index contributed by atoms with van der Waals surface area (Å²) in [5.41, 5.74) is 4.15. The van der Waals surface area contributed by atoms with Crippen LogP contribution in [0.1, 0.15) is 68.4 Å². The van der Waals surface area contributed by atoms with E-state index < -0.39 is 0 Å². The van der Waals surface area contributed by atoms with Gasteiger partial charge in [0.05, 0.1) is 13.2 Å². The van der Waals surface area contributed by atoms with E-state index in [0.717, 1.165) is 31.5 Å². The number of benzene rings is 1. The minimum absolute atomic E-state index is 0.136. The van der Waals surface area contributed by atoms with Crippen LogP contribution in [0.5, 0.6) is 0 Å². The number of hydrogen-bond donors (Lipinski definition) is 0. The maximum absolute atomic E-state index is 5.67. The van der Waals surface area contributed by atoms with Crippen molar-refractivity contribution in [2.45, 2.75) is 58.2 Å². The molecule has 3 rings (SSSR count). The quantitative estimate of drug-likeness (QED) is 0.802. The molecule has 110 valence electrons. The Morgan fingerprint density at radius 3 is 2.55 bits per heavy atom. The van der Waals surface area contributed by atoms with Crippen molar-refractivity contribution in [1.82, 2.24) is 0 Å². The van der Waals surface area contributed by atoms with Crippen molar-refractivity contribution in [2.24, 2.45) is 5.92 Å². The first-order valence-corrected chi connectivity index (χ1v) is 8.15. The predicted octanol–water partition coefficient (Wildman–Crippen LogP) is 4.59. The van der Waals surface area contributed by atoms with Gasteiger partial charge in [-0.1, -0.05) is 51.3 Å². The van der Waals surface area contributed by atoms with Crippen LogP contribution in [0.4, 0.5) is 0 Å². The Balaban J connectivity index is 1.86. The summed E-state index contributed by atoms with van der Waals surface area (Å²) in [4.78, 5) is 0. The maximum atomic E-state index is 5.67. The van der Waals surface area contributed by atoms with E-state index in [4.69, 9.17) is 9.47 Å². The van der Waals surface area contributed by atoms with E-state index in [1.165, 1.54) is 42.4 Å². The van der Waals surface area contributed by atoms with Crippen LogP contribution in [-0.2, 0) is 15.9 Å². The molecular weight excluding hydrogens is 248 g/mol. The van der Waals surface area contributed by atoms with E-state index in [1.54, 1.807) is 0 Å². The van der Waals surface area contributed by atoms with Gasteiger partial charge in [0.25, 0.3) is 0 Å². The third-order valence-corrected chi connectivity index (χ3v) is 4.96. The van der Waals surface area contributed by atoms with Crippen LogP contribution in [0, 0.1) is 5.92 Å². The minimum Gasteiger partial charge on any atom is -0.346 e. The molecule has 2 atom stereocenters. The van der Waals surface area contributed by atoms with E-state index in [1.807, 2.05) is 0 Å².